The number of hydrogen-bond donors (Lipinski definition) is 2. The average Bonchev–Trinajstić information content (AvgIpc) is 3.10. The van der Waals surface area contributed by atoms with Crippen LogP contribution in [0.2, 0.25) is 10.0 Å². The summed E-state index contributed by atoms with van der Waals surface area (Å²) < 4.78 is 5.05. The lowest BCUT2D eigenvalue weighted by Crippen LogP contribution is -2.21. The van der Waals surface area contributed by atoms with Gasteiger partial charge in [0.1, 0.15) is 0 Å². The lowest BCUT2D eigenvalue weighted by atomic mass is 10.1. The molecule has 0 atom stereocenters. The van der Waals surface area contributed by atoms with Crippen LogP contribution in [0.4, 0.5) is 5.69 Å². The van der Waals surface area contributed by atoms with Crippen molar-refractivity contribution in [2.24, 2.45) is 0 Å². The second-order valence-electron chi connectivity index (χ2n) is 6.48. The van der Waals surface area contributed by atoms with E-state index in [1.165, 1.54) is 0 Å². The zero-order valence-corrected chi connectivity index (χ0v) is 16.9. The molecule has 0 bridgehead atoms. The van der Waals surface area contributed by atoms with Gasteiger partial charge in [-0.05, 0) is 43.0 Å². The molecule has 2 aromatic carbocycles. The minimum Gasteiger partial charge on any atom is -0.456 e. The molecule has 0 unspecified atom stereocenters. The number of ether oxygens (including phenoxy) is 1. The minimum atomic E-state index is -0.487. The van der Waals surface area contributed by atoms with Gasteiger partial charge < -0.3 is 15.0 Å². The topological polar surface area (TPSA) is 71.2 Å². The predicted octanol–water partition coefficient (Wildman–Crippen LogP) is 5.29. The van der Waals surface area contributed by atoms with Gasteiger partial charge in [-0.3, -0.25) is 9.59 Å². The van der Waals surface area contributed by atoms with Gasteiger partial charge in [-0.15, -0.1) is 0 Å². The molecule has 7 heteroatoms. The summed E-state index contributed by atoms with van der Waals surface area (Å²) in [5.74, 6) is -0.907. The number of amides is 1. The number of carbonyl (C=O) groups excluding carboxylic acids is 2. The minimum absolute atomic E-state index is 0.235. The summed E-state index contributed by atoms with van der Waals surface area (Å²) in [6.07, 6.45) is 3.58. The van der Waals surface area contributed by atoms with E-state index >= 15 is 0 Å². The van der Waals surface area contributed by atoms with E-state index in [1.54, 1.807) is 12.1 Å². The Morgan fingerprint density at radius 1 is 1.14 bits per heavy atom. The number of para-hydroxylation sites is 1. The maximum atomic E-state index is 12.0. The van der Waals surface area contributed by atoms with Crippen LogP contribution in [-0.2, 0) is 20.7 Å². The Labute approximate surface area is 173 Å². The Morgan fingerprint density at radius 3 is 2.75 bits per heavy atom. The van der Waals surface area contributed by atoms with E-state index in [9.17, 15) is 9.59 Å². The molecular weight excluding hydrogens is 399 g/mol. The molecule has 2 N–H and O–H groups in total. The van der Waals surface area contributed by atoms with Crippen molar-refractivity contribution in [3.63, 3.8) is 0 Å². The summed E-state index contributed by atoms with van der Waals surface area (Å²) in [5, 5.41) is 4.44. The Hall–Kier alpha value is -2.50. The second-order valence-corrected chi connectivity index (χ2v) is 7.26. The lowest BCUT2D eigenvalue weighted by molar-refractivity contribution is -0.147. The molecular formula is C21H20Cl2N2O3. The maximum Gasteiger partial charge on any atom is 0.306 e. The van der Waals surface area contributed by atoms with Crippen LogP contribution < -0.4 is 5.32 Å². The first kappa shape index (κ1) is 20.2. The molecule has 0 aliphatic carbocycles. The SMILES string of the molecule is Cc1ccc(Cl)c(NC(=O)COC(=O)CCCc2c[nH]c3ccccc23)c1Cl. The summed E-state index contributed by atoms with van der Waals surface area (Å²) in [7, 11) is 0. The molecule has 3 aromatic rings. The summed E-state index contributed by atoms with van der Waals surface area (Å²) >= 11 is 12.2. The van der Waals surface area contributed by atoms with Crippen molar-refractivity contribution in [2.45, 2.75) is 26.2 Å². The van der Waals surface area contributed by atoms with E-state index in [4.69, 9.17) is 27.9 Å². The van der Waals surface area contributed by atoms with Gasteiger partial charge in [-0.2, -0.15) is 0 Å². The highest BCUT2D eigenvalue weighted by molar-refractivity contribution is 6.40. The average molecular weight is 419 g/mol. The molecule has 0 fully saturated rings. The molecule has 1 aromatic heterocycles. The number of esters is 1. The van der Waals surface area contributed by atoms with Crippen LogP contribution in [0.1, 0.15) is 24.0 Å². The van der Waals surface area contributed by atoms with Gasteiger partial charge in [0.25, 0.3) is 5.91 Å². The van der Waals surface area contributed by atoms with Crippen LogP contribution in [0, 0.1) is 6.92 Å². The third-order valence-corrected chi connectivity index (χ3v) is 5.22. The summed E-state index contributed by atoms with van der Waals surface area (Å²) in [5.41, 5.74) is 3.34. The summed E-state index contributed by atoms with van der Waals surface area (Å²) in [6.45, 7) is 1.43. The number of aryl methyl sites for hydroxylation is 2. The zero-order chi connectivity index (χ0) is 20.1. The third-order valence-electron chi connectivity index (χ3n) is 4.41. The normalized spacial score (nSPS) is 10.8. The quantitative estimate of drug-likeness (QED) is 0.512. The van der Waals surface area contributed by atoms with E-state index in [-0.39, 0.29) is 13.0 Å². The van der Waals surface area contributed by atoms with Crippen LogP contribution in [0.25, 0.3) is 10.9 Å². The fourth-order valence-corrected chi connectivity index (χ4v) is 3.39. The number of hydrogen-bond acceptors (Lipinski definition) is 3. The van der Waals surface area contributed by atoms with Crippen molar-refractivity contribution in [1.82, 2.24) is 4.98 Å². The molecule has 0 saturated carbocycles. The van der Waals surface area contributed by atoms with E-state index in [0.717, 1.165) is 28.5 Å². The number of fused-ring (bicyclic) bond motifs is 1. The number of H-pyrrole nitrogens is 1. The van der Waals surface area contributed by atoms with Crippen molar-refractivity contribution in [2.75, 3.05) is 11.9 Å². The monoisotopic (exact) mass is 418 g/mol. The van der Waals surface area contributed by atoms with Crippen molar-refractivity contribution >= 4 is 51.7 Å². The Morgan fingerprint density at radius 2 is 1.93 bits per heavy atom. The summed E-state index contributed by atoms with van der Waals surface area (Å²) in [4.78, 5) is 27.2. The molecule has 0 aliphatic rings. The van der Waals surface area contributed by atoms with Gasteiger partial charge in [-0.1, -0.05) is 47.5 Å². The van der Waals surface area contributed by atoms with Gasteiger partial charge in [0.15, 0.2) is 6.61 Å². The molecule has 0 spiro atoms. The van der Waals surface area contributed by atoms with Crippen LogP contribution in [0.3, 0.4) is 0 Å². The van der Waals surface area contributed by atoms with Gasteiger partial charge in [0, 0.05) is 23.5 Å². The molecule has 146 valence electrons. The number of nitrogens with one attached hydrogen (secondary N) is 2. The van der Waals surface area contributed by atoms with Crippen molar-refractivity contribution in [3.05, 3.63) is 63.8 Å². The first-order chi connectivity index (χ1) is 13.5. The van der Waals surface area contributed by atoms with Crippen molar-refractivity contribution in [3.8, 4) is 0 Å². The Bertz CT molecular complexity index is 1010. The highest BCUT2D eigenvalue weighted by atomic mass is 35.5. The Balaban J connectivity index is 1.44. The summed E-state index contributed by atoms with van der Waals surface area (Å²) in [6, 6.07) is 11.4. The van der Waals surface area contributed by atoms with Crippen LogP contribution in [-0.4, -0.2) is 23.5 Å². The molecule has 5 nitrogen and oxygen atoms in total. The molecule has 3 rings (SSSR count). The van der Waals surface area contributed by atoms with E-state index in [2.05, 4.69) is 10.3 Å². The zero-order valence-electron chi connectivity index (χ0n) is 15.4. The first-order valence-corrected chi connectivity index (χ1v) is 9.66. The molecule has 1 heterocycles. The van der Waals surface area contributed by atoms with E-state index in [1.807, 2.05) is 37.4 Å². The fraction of sp³-hybridized carbons (Fsp3) is 0.238. The molecule has 0 aliphatic heterocycles. The maximum absolute atomic E-state index is 12.0. The lowest BCUT2D eigenvalue weighted by Gasteiger charge is -2.11. The first-order valence-electron chi connectivity index (χ1n) is 8.91. The Kier molecular flexibility index (Phi) is 6.60. The van der Waals surface area contributed by atoms with Crippen LogP contribution >= 0.6 is 23.2 Å². The fourth-order valence-electron chi connectivity index (χ4n) is 2.93. The number of anilines is 1. The molecule has 0 saturated heterocycles. The van der Waals surface area contributed by atoms with Gasteiger partial charge >= 0.3 is 5.97 Å². The number of carbonyl (C=O) groups is 2. The van der Waals surface area contributed by atoms with E-state index in [0.29, 0.717) is 22.2 Å². The predicted molar refractivity (Wildman–Crippen MR) is 112 cm³/mol. The van der Waals surface area contributed by atoms with E-state index < -0.39 is 11.9 Å². The number of rotatable bonds is 7. The van der Waals surface area contributed by atoms with Gasteiger partial charge in [0.2, 0.25) is 0 Å². The molecule has 0 radical (unpaired) electrons. The second kappa shape index (κ2) is 9.13. The molecule has 28 heavy (non-hydrogen) atoms. The smallest absolute Gasteiger partial charge is 0.306 e. The van der Waals surface area contributed by atoms with Crippen molar-refractivity contribution < 1.29 is 14.3 Å². The number of halogens is 2. The third kappa shape index (κ3) is 4.86. The number of aromatic nitrogens is 1. The highest BCUT2D eigenvalue weighted by Gasteiger charge is 2.14. The van der Waals surface area contributed by atoms with Gasteiger partial charge in [0.05, 0.1) is 15.7 Å². The number of aromatic amines is 1. The van der Waals surface area contributed by atoms with Crippen LogP contribution in [0.15, 0.2) is 42.6 Å². The van der Waals surface area contributed by atoms with Crippen molar-refractivity contribution in [1.29, 1.82) is 0 Å². The molecule has 1 amide bonds. The highest BCUT2D eigenvalue weighted by Crippen LogP contribution is 2.32. The standard InChI is InChI=1S/C21H20Cl2N2O3/c1-13-9-10-16(22)21(20(13)23)25-18(26)12-28-19(27)8-4-5-14-11-24-17-7-3-2-6-15(14)17/h2-3,6-7,9-11,24H,4-5,8,12H2,1H3,(H,25,26). The number of benzene rings is 2. The van der Waals surface area contributed by atoms with Crippen LogP contribution in [0.5, 0.6) is 0 Å². The van der Waals surface area contributed by atoms with Gasteiger partial charge in [-0.25, -0.2) is 0 Å². The largest absolute Gasteiger partial charge is 0.456 e.